The van der Waals surface area contributed by atoms with Crippen molar-refractivity contribution >= 4 is 24.0 Å². The molecule has 2 N–H and O–H groups in total. The quantitative estimate of drug-likeness (QED) is 0.419. The summed E-state index contributed by atoms with van der Waals surface area (Å²) in [6.07, 6.45) is 1.60. The predicted octanol–water partition coefficient (Wildman–Crippen LogP) is 4.37. The van der Waals surface area contributed by atoms with Crippen molar-refractivity contribution in [1.82, 2.24) is 10.2 Å². The molecule has 7 nitrogen and oxygen atoms in total. The number of aryl methyl sites for hydroxylation is 1. The highest BCUT2D eigenvalue weighted by molar-refractivity contribution is 6.14. The number of hydrogen-bond donors (Lipinski definition) is 2. The van der Waals surface area contributed by atoms with Crippen molar-refractivity contribution in [2.45, 2.75) is 20.1 Å². The smallest absolute Gasteiger partial charge is 0.335 e. The van der Waals surface area contributed by atoms with Crippen LogP contribution in [0.2, 0.25) is 0 Å². The van der Waals surface area contributed by atoms with Gasteiger partial charge in [0.2, 0.25) is 0 Å². The Kier molecular flexibility index (Phi) is 6.22. The molecule has 0 aromatic heterocycles. The monoisotopic (exact) mass is 442 g/mol. The molecular formula is C26H22N2O5. The van der Waals surface area contributed by atoms with Gasteiger partial charge in [0.05, 0.1) is 12.1 Å². The Balaban J connectivity index is 1.48. The van der Waals surface area contributed by atoms with E-state index < -0.39 is 17.9 Å². The van der Waals surface area contributed by atoms with Gasteiger partial charge in [0.1, 0.15) is 18.1 Å². The molecule has 1 saturated heterocycles. The highest BCUT2D eigenvalue weighted by Crippen LogP contribution is 2.24. The molecular weight excluding hydrogens is 420 g/mol. The lowest BCUT2D eigenvalue weighted by molar-refractivity contribution is -0.123. The summed E-state index contributed by atoms with van der Waals surface area (Å²) in [6.45, 7) is 2.38. The van der Waals surface area contributed by atoms with Gasteiger partial charge in [-0.3, -0.25) is 9.69 Å². The lowest BCUT2D eigenvalue weighted by Crippen LogP contribution is -2.30. The molecule has 0 atom stereocenters. The van der Waals surface area contributed by atoms with Gasteiger partial charge in [-0.2, -0.15) is 0 Å². The number of nitrogens with one attached hydrogen (secondary N) is 1. The van der Waals surface area contributed by atoms with Crippen molar-refractivity contribution in [3.05, 3.63) is 106 Å². The average molecular weight is 442 g/mol. The molecule has 3 amide bonds. The maximum atomic E-state index is 12.9. The van der Waals surface area contributed by atoms with Crippen LogP contribution in [0.25, 0.3) is 6.08 Å². The number of carbonyl (C=O) groups excluding carboxylic acids is 2. The molecule has 1 fully saturated rings. The minimum absolute atomic E-state index is 0.175. The lowest BCUT2D eigenvalue weighted by atomic mass is 10.1. The fraction of sp³-hybridized carbons (Fsp3) is 0.115. The van der Waals surface area contributed by atoms with Crippen molar-refractivity contribution in [2.24, 2.45) is 0 Å². The van der Waals surface area contributed by atoms with E-state index in [0.29, 0.717) is 11.3 Å². The van der Waals surface area contributed by atoms with E-state index in [-0.39, 0.29) is 24.4 Å². The Morgan fingerprint density at radius 1 is 0.970 bits per heavy atom. The van der Waals surface area contributed by atoms with E-state index in [0.717, 1.165) is 16.7 Å². The maximum Gasteiger partial charge on any atom is 0.335 e. The Hall–Kier alpha value is -4.39. The number of ether oxygens (including phenoxy) is 1. The first-order chi connectivity index (χ1) is 15.9. The minimum atomic E-state index is -0.987. The summed E-state index contributed by atoms with van der Waals surface area (Å²) in [7, 11) is 0. The summed E-state index contributed by atoms with van der Waals surface area (Å²) in [6, 6.07) is 20.8. The number of benzene rings is 3. The molecule has 0 saturated carbocycles. The van der Waals surface area contributed by atoms with E-state index in [1.807, 2.05) is 43.3 Å². The van der Waals surface area contributed by atoms with Crippen LogP contribution in [0.3, 0.4) is 0 Å². The van der Waals surface area contributed by atoms with Crippen molar-refractivity contribution in [3.63, 3.8) is 0 Å². The van der Waals surface area contributed by atoms with Crippen LogP contribution < -0.4 is 10.1 Å². The van der Waals surface area contributed by atoms with E-state index in [2.05, 4.69) is 5.32 Å². The molecule has 3 aromatic carbocycles. The van der Waals surface area contributed by atoms with Crippen molar-refractivity contribution in [3.8, 4) is 5.75 Å². The molecule has 1 aliphatic heterocycles. The number of carboxylic acids is 1. The van der Waals surface area contributed by atoms with Crippen LogP contribution in [0.4, 0.5) is 4.79 Å². The fourth-order valence-corrected chi connectivity index (χ4v) is 3.38. The number of urea groups is 1. The molecule has 3 aromatic rings. The summed E-state index contributed by atoms with van der Waals surface area (Å²) in [5, 5.41) is 11.6. The van der Waals surface area contributed by atoms with Crippen LogP contribution in [0.15, 0.2) is 78.5 Å². The van der Waals surface area contributed by atoms with Gasteiger partial charge in [-0.25, -0.2) is 9.59 Å². The van der Waals surface area contributed by atoms with E-state index >= 15 is 0 Å². The third-order valence-electron chi connectivity index (χ3n) is 5.24. The summed E-state index contributed by atoms with van der Waals surface area (Å²) in [5.74, 6) is -0.856. The SMILES string of the molecule is Cc1ccc(CN2C(=O)N/C(=C\c3ccccc3OCc3ccc(C(=O)O)cc3)C2=O)cc1. The van der Waals surface area contributed by atoms with Crippen LogP contribution in [-0.2, 0) is 17.9 Å². The second kappa shape index (κ2) is 9.40. The van der Waals surface area contributed by atoms with Gasteiger partial charge in [-0.05, 0) is 42.3 Å². The summed E-state index contributed by atoms with van der Waals surface area (Å²) in [5.41, 5.74) is 3.79. The zero-order valence-electron chi connectivity index (χ0n) is 17.9. The number of aromatic carboxylic acids is 1. The first-order valence-electron chi connectivity index (χ1n) is 10.3. The molecule has 0 spiro atoms. The Labute approximate surface area is 190 Å². The number of rotatable bonds is 7. The Morgan fingerprint density at radius 2 is 1.64 bits per heavy atom. The van der Waals surface area contributed by atoms with Gasteiger partial charge in [-0.15, -0.1) is 0 Å². The molecule has 166 valence electrons. The third-order valence-corrected chi connectivity index (χ3v) is 5.24. The van der Waals surface area contributed by atoms with E-state index in [4.69, 9.17) is 9.84 Å². The standard InChI is InChI=1S/C26H22N2O5/c1-17-6-8-18(9-7-17)15-28-24(29)22(27-26(28)32)14-21-4-2-3-5-23(21)33-16-19-10-12-20(13-11-19)25(30)31/h2-14H,15-16H2,1H3,(H,27,32)(H,30,31)/b22-14-. The van der Waals surface area contributed by atoms with Crippen molar-refractivity contribution in [2.75, 3.05) is 0 Å². The van der Waals surface area contributed by atoms with Crippen LogP contribution in [-0.4, -0.2) is 27.9 Å². The summed E-state index contributed by atoms with van der Waals surface area (Å²) >= 11 is 0. The van der Waals surface area contributed by atoms with Gasteiger partial charge in [0, 0.05) is 5.56 Å². The van der Waals surface area contributed by atoms with Gasteiger partial charge >= 0.3 is 12.0 Å². The molecule has 33 heavy (non-hydrogen) atoms. The Bertz CT molecular complexity index is 1230. The van der Waals surface area contributed by atoms with Crippen LogP contribution in [0, 0.1) is 6.92 Å². The predicted molar refractivity (Wildman–Crippen MR) is 122 cm³/mol. The highest BCUT2D eigenvalue weighted by atomic mass is 16.5. The number of para-hydroxylation sites is 1. The van der Waals surface area contributed by atoms with Crippen molar-refractivity contribution in [1.29, 1.82) is 0 Å². The molecule has 1 aliphatic rings. The second-order valence-electron chi connectivity index (χ2n) is 7.69. The van der Waals surface area contributed by atoms with Gasteiger partial charge < -0.3 is 15.2 Å². The number of carbonyl (C=O) groups is 3. The maximum absolute atomic E-state index is 12.9. The first-order valence-corrected chi connectivity index (χ1v) is 10.3. The molecule has 0 bridgehead atoms. The summed E-state index contributed by atoms with van der Waals surface area (Å²) in [4.78, 5) is 37.4. The number of hydrogen-bond acceptors (Lipinski definition) is 4. The van der Waals surface area contributed by atoms with Gasteiger partial charge in [0.25, 0.3) is 5.91 Å². The average Bonchev–Trinajstić information content (AvgIpc) is 3.07. The highest BCUT2D eigenvalue weighted by Gasteiger charge is 2.33. The fourth-order valence-electron chi connectivity index (χ4n) is 3.38. The van der Waals surface area contributed by atoms with E-state index in [1.165, 1.54) is 17.0 Å². The number of amides is 3. The second-order valence-corrected chi connectivity index (χ2v) is 7.69. The molecule has 1 heterocycles. The zero-order chi connectivity index (χ0) is 23.4. The van der Waals surface area contributed by atoms with Gasteiger partial charge in [0.15, 0.2) is 0 Å². The number of carboxylic acid groups (broad SMARTS) is 1. The molecule has 0 radical (unpaired) electrons. The van der Waals surface area contributed by atoms with Crippen LogP contribution in [0.5, 0.6) is 5.75 Å². The van der Waals surface area contributed by atoms with Gasteiger partial charge in [-0.1, -0.05) is 60.2 Å². The first kappa shape index (κ1) is 21.8. The molecule has 7 heteroatoms. The van der Waals surface area contributed by atoms with Crippen LogP contribution in [0.1, 0.15) is 32.6 Å². The topological polar surface area (TPSA) is 95.9 Å². The van der Waals surface area contributed by atoms with Crippen molar-refractivity contribution < 1.29 is 24.2 Å². The zero-order valence-corrected chi connectivity index (χ0v) is 17.9. The Morgan fingerprint density at radius 3 is 2.33 bits per heavy atom. The van der Waals surface area contributed by atoms with E-state index in [1.54, 1.807) is 30.3 Å². The summed E-state index contributed by atoms with van der Waals surface area (Å²) < 4.78 is 5.90. The normalized spacial score (nSPS) is 14.5. The van der Waals surface area contributed by atoms with E-state index in [9.17, 15) is 14.4 Å². The largest absolute Gasteiger partial charge is 0.488 e. The number of nitrogens with zero attached hydrogens (tertiary/aromatic N) is 1. The number of imide groups is 1. The lowest BCUT2D eigenvalue weighted by Gasteiger charge is -2.12. The minimum Gasteiger partial charge on any atom is -0.488 e. The molecule has 0 unspecified atom stereocenters. The molecule has 0 aliphatic carbocycles. The van der Waals surface area contributed by atoms with Crippen LogP contribution >= 0.6 is 0 Å². The molecule has 4 rings (SSSR count). The third kappa shape index (κ3) is 5.10.